The summed E-state index contributed by atoms with van der Waals surface area (Å²) in [5, 5.41) is 25.8. The molecule has 3 aromatic carbocycles. The molecule has 0 radical (unpaired) electrons. The minimum atomic E-state index is -4.80. The fourth-order valence-corrected chi connectivity index (χ4v) is 8.23. The van der Waals surface area contributed by atoms with Gasteiger partial charge in [-0.2, -0.15) is 18.4 Å². The molecule has 3 atom stereocenters. The molecule has 0 saturated carbocycles. The molecule has 14 nitrogen and oxygen atoms in total. The first-order valence-corrected chi connectivity index (χ1v) is 22.4. The lowest BCUT2D eigenvalue weighted by Crippen LogP contribution is -2.58. The van der Waals surface area contributed by atoms with Crippen LogP contribution in [0.1, 0.15) is 83.4 Å². The Hall–Kier alpha value is -5.32. The number of rotatable bonds is 20. The number of ether oxygens (including phenoxy) is 3. The average molecular weight is 958 g/mol. The van der Waals surface area contributed by atoms with Crippen LogP contribution in [0.5, 0.6) is 5.75 Å². The van der Waals surface area contributed by atoms with Gasteiger partial charge >= 0.3 is 6.18 Å². The normalized spacial score (nSPS) is 17.7. The second-order valence-corrected chi connectivity index (χ2v) is 18.5. The standard InChI is InChI=1S/C47H56ClF3N6O8S/c1-45(2,3)40(42(61)55-28-35(58)25-38(55)41(60)53-27-30-10-13-32(48)14-11-30)54-39(59)29-64-22-9-21-63-20-7-6-8-23-65-36-18-16-33(17-19-36)57-44(66)56(43(62)46(57,4)5)34-15-12-31(26-52)37(24-34)47(49,50)51/h10-19,24,35,38,40,58H,6-9,20-23,25,27-29H2,1-5H3,(H,53,60)(H,54,59)/t35-,38+,40-/m1/s1. The van der Waals surface area contributed by atoms with E-state index in [9.17, 15) is 42.7 Å². The van der Waals surface area contributed by atoms with E-state index < -0.39 is 70.1 Å². The number of hydrogen-bond donors (Lipinski definition) is 3. The molecular weight excluding hydrogens is 901 g/mol. The molecule has 5 rings (SSSR count). The average Bonchev–Trinajstić information content (AvgIpc) is 3.74. The van der Waals surface area contributed by atoms with Crippen LogP contribution in [0.2, 0.25) is 5.02 Å². The molecule has 66 heavy (non-hydrogen) atoms. The molecule has 4 amide bonds. The van der Waals surface area contributed by atoms with Crippen molar-refractivity contribution in [2.45, 2.75) is 103 Å². The van der Waals surface area contributed by atoms with Crippen molar-refractivity contribution >= 4 is 63.9 Å². The van der Waals surface area contributed by atoms with Crippen LogP contribution in [0.3, 0.4) is 0 Å². The molecule has 2 fully saturated rings. The van der Waals surface area contributed by atoms with Crippen molar-refractivity contribution in [3.8, 4) is 11.8 Å². The maximum absolute atomic E-state index is 13.8. The molecule has 0 bridgehead atoms. The highest BCUT2D eigenvalue weighted by Crippen LogP contribution is 2.40. The lowest BCUT2D eigenvalue weighted by molar-refractivity contribution is -0.144. The Labute approximate surface area is 393 Å². The van der Waals surface area contributed by atoms with Crippen LogP contribution in [0.4, 0.5) is 24.5 Å². The van der Waals surface area contributed by atoms with Crippen molar-refractivity contribution in [3.05, 3.63) is 88.4 Å². The number of aliphatic hydroxyl groups excluding tert-OH is 1. The number of benzene rings is 3. The number of likely N-dealkylation sites (tertiary alicyclic amines) is 1. The van der Waals surface area contributed by atoms with E-state index in [2.05, 4.69) is 10.6 Å². The third kappa shape index (κ3) is 13.2. The number of carbonyl (C=O) groups is 4. The minimum absolute atomic E-state index is 0.000121. The van der Waals surface area contributed by atoms with E-state index in [4.69, 9.17) is 38.0 Å². The summed E-state index contributed by atoms with van der Waals surface area (Å²) < 4.78 is 58.2. The van der Waals surface area contributed by atoms with E-state index in [-0.39, 0.29) is 43.5 Å². The van der Waals surface area contributed by atoms with Gasteiger partial charge in [0.05, 0.1) is 35.6 Å². The summed E-state index contributed by atoms with van der Waals surface area (Å²) in [6.07, 6.45) is -2.66. The van der Waals surface area contributed by atoms with E-state index in [1.807, 2.05) is 20.8 Å². The Morgan fingerprint density at radius 2 is 1.58 bits per heavy atom. The number of nitrogens with zero attached hydrogens (tertiary/aromatic N) is 4. The number of alkyl halides is 3. The van der Waals surface area contributed by atoms with Gasteiger partial charge in [0.1, 0.15) is 30.0 Å². The van der Waals surface area contributed by atoms with Crippen LogP contribution in [0.15, 0.2) is 66.7 Å². The smallest absolute Gasteiger partial charge is 0.417 e. The van der Waals surface area contributed by atoms with Gasteiger partial charge in [-0.3, -0.25) is 24.1 Å². The van der Waals surface area contributed by atoms with Crippen LogP contribution in [-0.2, 0) is 41.4 Å². The first-order chi connectivity index (χ1) is 31.1. The maximum Gasteiger partial charge on any atom is 0.417 e. The third-order valence-electron chi connectivity index (χ3n) is 11.1. The molecule has 0 unspecified atom stereocenters. The largest absolute Gasteiger partial charge is 0.494 e. The second-order valence-electron chi connectivity index (χ2n) is 17.7. The molecule has 0 spiro atoms. The van der Waals surface area contributed by atoms with Gasteiger partial charge in [-0.1, -0.05) is 44.5 Å². The number of unbranched alkanes of at least 4 members (excludes halogenated alkanes) is 2. The molecule has 3 aromatic rings. The number of carbonyl (C=O) groups excluding carboxylic acids is 4. The Kier molecular flexibility index (Phi) is 17.6. The minimum Gasteiger partial charge on any atom is -0.494 e. The van der Waals surface area contributed by atoms with E-state index in [1.54, 1.807) is 73.3 Å². The Morgan fingerprint density at radius 1 is 0.939 bits per heavy atom. The maximum atomic E-state index is 13.8. The van der Waals surface area contributed by atoms with Crippen LogP contribution in [0, 0.1) is 16.7 Å². The number of β-amino-alcohol motifs (C(OH)–C–C–N with tert-alkyl or cyclic N) is 1. The third-order valence-corrected chi connectivity index (χ3v) is 11.7. The molecular formula is C47H56ClF3N6O8S. The Bertz CT molecular complexity index is 2250. The number of aliphatic hydroxyl groups is 1. The summed E-state index contributed by atoms with van der Waals surface area (Å²) in [4.78, 5) is 57.3. The quantitative estimate of drug-likeness (QED) is 0.0792. The van der Waals surface area contributed by atoms with Crippen LogP contribution in [0.25, 0.3) is 0 Å². The summed E-state index contributed by atoms with van der Waals surface area (Å²) in [5.41, 5.74) is -2.34. The zero-order valence-electron chi connectivity index (χ0n) is 37.6. The van der Waals surface area contributed by atoms with Crippen LogP contribution in [-0.4, -0.2) is 102 Å². The van der Waals surface area contributed by atoms with Crippen molar-refractivity contribution in [1.29, 1.82) is 5.26 Å². The summed E-state index contributed by atoms with van der Waals surface area (Å²) in [5.74, 6) is -1.28. The molecule has 2 aliphatic rings. The fraction of sp³-hybridized carbons (Fsp3) is 0.489. The van der Waals surface area contributed by atoms with Gasteiger partial charge in [0, 0.05) is 50.0 Å². The SMILES string of the molecule is CC(C)(C)[C@H](NC(=O)COCCCOCCCCCOc1ccc(N2C(=S)N(c3ccc(C#N)c(C(F)(F)F)c3)C(=O)C2(C)C)cc1)C(=O)N1C[C@H](O)C[C@H]1C(=O)NCc1ccc(Cl)cc1. The fourth-order valence-electron chi connectivity index (χ4n) is 7.59. The van der Waals surface area contributed by atoms with Crippen LogP contribution < -0.4 is 25.2 Å². The van der Waals surface area contributed by atoms with Gasteiger partial charge in [0.2, 0.25) is 17.7 Å². The van der Waals surface area contributed by atoms with E-state index in [0.29, 0.717) is 42.7 Å². The molecule has 3 N–H and O–H groups in total. The Balaban J connectivity index is 0.962. The summed E-state index contributed by atoms with van der Waals surface area (Å²) >= 11 is 11.6. The molecule has 2 heterocycles. The highest BCUT2D eigenvalue weighted by Gasteiger charge is 2.51. The highest BCUT2D eigenvalue weighted by molar-refractivity contribution is 7.81. The van der Waals surface area contributed by atoms with Crippen LogP contribution >= 0.6 is 23.8 Å². The second kappa shape index (κ2) is 22.4. The number of nitriles is 1. The van der Waals surface area contributed by atoms with Crippen molar-refractivity contribution in [2.24, 2.45) is 5.41 Å². The Morgan fingerprint density at radius 3 is 2.23 bits per heavy atom. The molecule has 0 aliphatic carbocycles. The predicted molar refractivity (Wildman–Crippen MR) is 246 cm³/mol. The molecule has 19 heteroatoms. The van der Waals surface area contributed by atoms with Crippen molar-refractivity contribution in [3.63, 3.8) is 0 Å². The van der Waals surface area contributed by atoms with Gasteiger partial charge in [-0.05, 0) is 117 Å². The van der Waals surface area contributed by atoms with E-state index in [1.165, 1.54) is 11.0 Å². The molecule has 356 valence electrons. The van der Waals surface area contributed by atoms with Crippen molar-refractivity contribution in [2.75, 3.05) is 49.4 Å². The zero-order chi connectivity index (χ0) is 48.4. The first-order valence-electron chi connectivity index (χ1n) is 21.6. The van der Waals surface area contributed by atoms with E-state index >= 15 is 0 Å². The number of anilines is 2. The van der Waals surface area contributed by atoms with Gasteiger partial charge in [0.15, 0.2) is 5.11 Å². The number of thiocarbonyl (C=S) groups is 1. The molecule has 2 saturated heterocycles. The van der Waals surface area contributed by atoms with Gasteiger partial charge in [-0.25, -0.2) is 0 Å². The summed E-state index contributed by atoms with van der Waals surface area (Å²) in [6, 6.07) is 16.6. The summed E-state index contributed by atoms with van der Waals surface area (Å²) in [7, 11) is 0. The summed E-state index contributed by atoms with van der Waals surface area (Å²) in [6.45, 7) is 10.3. The van der Waals surface area contributed by atoms with Crippen molar-refractivity contribution in [1.82, 2.24) is 15.5 Å². The topological polar surface area (TPSA) is 174 Å². The molecule has 2 aliphatic heterocycles. The number of amides is 4. The monoisotopic (exact) mass is 956 g/mol. The molecule has 0 aromatic heterocycles. The number of halogens is 4. The van der Waals surface area contributed by atoms with Crippen molar-refractivity contribution < 1.29 is 51.7 Å². The lowest BCUT2D eigenvalue weighted by Gasteiger charge is -2.35. The predicted octanol–water partition coefficient (Wildman–Crippen LogP) is 6.93. The zero-order valence-corrected chi connectivity index (χ0v) is 39.2. The van der Waals surface area contributed by atoms with Gasteiger partial charge in [0.25, 0.3) is 5.91 Å². The lowest BCUT2D eigenvalue weighted by atomic mass is 9.85. The van der Waals surface area contributed by atoms with Gasteiger partial charge in [-0.15, -0.1) is 0 Å². The highest BCUT2D eigenvalue weighted by atomic mass is 35.5. The number of hydrogen-bond acceptors (Lipinski definition) is 10. The first kappa shape index (κ1) is 51.7. The van der Waals surface area contributed by atoms with Gasteiger partial charge < -0.3 is 39.8 Å². The van der Waals surface area contributed by atoms with E-state index in [0.717, 1.165) is 41.9 Å². The number of nitrogens with one attached hydrogen (secondary N) is 2.